The summed E-state index contributed by atoms with van der Waals surface area (Å²) in [5.41, 5.74) is 2.65. The van der Waals surface area contributed by atoms with Crippen LogP contribution in [0.2, 0.25) is 0 Å². The Morgan fingerprint density at radius 3 is 3.12 bits per heavy atom. The zero-order valence-electron chi connectivity index (χ0n) is 9.78. The molecule has 0 fully saturated rings. The van der Waals surface area contributed by atoms with Crippen molar-refractivity contribution in [2.75, 3.05) is 26.8 Å². The summed E-state index contributed by atoms with van der Waals surface area (Å²) in [4.78, 5) is 2.23. The van der Waals surface area contributed by atoms with Gasteiger partial charge in [-0.2, -0.15) is 0 Å². The van der Waals surface area contributed by atoms with Crippen molar-refractivity contribution in [3.05, 3.63) is 29.3 Å². The van der Waals surface area contributed by atoms with Crippen LogP contribution in [0.1, 0.15) is 17.5 Å². The molecular weight excluding hydrogens is 202 g/mol. The molecule has 16 heavy (non-hydrogen) atoms. The van der Waals surface area contributed by atoms with Crippen LogP contribution in [0.4, 0.5) is 0 Å². The van der Waals surface area contributed by atoms with Gasteiger partial charge in [0.05, 0.1) is 6.61 Å². The van der Waals surface area contributed by atoms with Gasteiger partial charge in [0.1, 0.15) is 5.75 Å². The summed E-state index contributed by atoms with van der Waals surface area (Å²) in [6.45, 7) is 2.96. The van der Waals surface area contributed by atoms with Gasteiger partial charge in [0.15, 0.2) is 0 Å². The van der Waals surface area contributed by atoms with E-state index in [2.05, 4.69) is 30.1 Å². The van der Waals surface area contributed by atoms with Gasteiger partial charge in [0.25, 0.3) is 0 Å². The average molecular weight is 221 g/mol. The van der Waals surface area contributed by atoms with E-state index in [1.54, 1.807) is 0 Å². The van der Waals surface area contributed by atoms with Crippen LogP contribution in [-0.4, -0.2) is 36.8 Å². The Morgan fingerprint density at radius 2 is 2.31 bits per heavy atom. The molecule has 1 heterocycles. The van der Waals surface area contributed by atoms with Gasteiger partial charge in [-0.25, -0.2) is 0 Å². The van der Waals surface area contributed by atoms with E-state index in [-0.39, 0.29) is 6.61 Å². The summed E-state index contributed by atoms with van der Waals surface area (Å²) in [6.07, 6.45) is 1.87. The molecule has 0 atom stereocenters. The molecule has 88 valence electrons. The first kappa shape index (κ1) is 11.4. The van der Waals surface area contributed by atoms with Gasteiger partial charge in [-0.1, -0.05) is 12.1 Å². The number of hydrogen-bond donors (Lipinski definition) is 1. The number of fused-ring (bicyclic) bond motifs is 1. The Balaban J connectivity index is 1.94. The van der Waals surface area contributed by atoms with Crippen LogP contribution in [0.5, 0.6) is 5.75 Å². The molecule has 0 unspecified atom stereocenters. The van der Waals surface area contributed by atoms with Gasteiger partial charge < -0.3 is 14.7 Å². The lowest BCUT2D eigenvalue weighted by molar-refractivity contribution is 0.244. The molecule has 0 aromatic heterocycles. The van der Waals surface area contributed by atoms with Crippen molar-refractivity contribution in [2.24, 2.45) is 0 Å². The largest absolute Gasteiger partial charge is 0.493 e. The lowest BCUT2D eigenvalue weighted by Gasteiger charge is -2.16. The van der Waals surface area contributed by atoms with Crippen molar-refractivity contribution >= 4 is 0 Å². The molecule has 0 amide bonds. The summed E-state index contributed by atoms with van der Waals surface area (Å²) in [6, 6.07) is 6.43. The second kappa shape index (κ2) is 5.32. The van der Waals surface area contributed by atoms with Crippen LogP contribution >= 0.6 is 0 Å². The minimum Gasteiger partial charge on any atom is -0.493 e. The van der Waals surface area contributed by atoms with E-state index in [4.69, 9.17) is 9.84 Å². The highest BCUT2D eigenvalue weighted by atomic mass is 16.5. The van der Waals surface area contributed by atoms with Crippen molar-refractivity contribution in [3.8, 4) is 5.75 Å². The molecular formula is C13H19NO2. The lowest BCUT2D eigenvalue weighted by Crippen LogP contribution is -2.19. The monoisotopic (exact) mass is 221 g/mol. The molecule has 0 radical (unpaired) electrons. The normalized spacial score (nSPS) is 13.9. The molecule has 1 aromatic rings. The molecule has 2 rings (SSSR count). The van der Waals surface area contributed by atoms with Crippen LogP contribution in [0.3, 0.4) is 0 Å². The van der Waals surface area contributed by atoms with E-state index in [0.29, 0.717) is 0 Å². The topological polar surface area (TPSA) is 32.7 Å². The third-order valence-corrected chi connectivity index (χ3v) is 2.90. The molecule has 0 saturated carbocycles. The highest BCUT2D eigenvalue weighted by molar-refractivity contribution is 5.39. The quantitative estimate of drug-likeness (QED) is 0.816. The first-order chi connectivity index (χ1) is 7.79. The SMILES string of the molecule is CN(CCCO)Cc1ccc2c(c1)CCO2. The molecule has 1 N–H and O–H groups in total. The second-order valence-corrected chi connectivity index (χ2v) is 4.36. The Bertz CT molecular complexity index is 352. The van der Waals surface area contributed by atoms with Crippen molar-refractivity contribution in [2.45, 2.75) is 19.4 Å². The summed E-state index contributed by atoms with van der Waals surface area (Å²) < 4.78 is 5.48. The summed E-state index contributed by atoms with van der Waals surface area (Å²) in [7, 11) is 2.08. The number of aliphatic hydroxyl groups is 1. The van der Waals surface area contributed by atoms with E-state index >= 15 is 0 Å². The van der Waals surface area contributed by atoms with Gasteiger partial charge in [0.2, 0.25) is 0 Å². The van der Waals surface area contributed by atoms with Crippen molar-refractivity contribution < 1.29 is 9.84 Å². The molecule has 3 heteroatoms. The smallest absolute Gasteiger partial charge is 0.122 e. The lowest BCUT2D eigenvalue weighted by atomic mass is 10.1. The van der Waals surface area contributed by atoms with E-state index in [0.717, 1.165) is 38.3 Å². The molecule has 3 nitrogen and oxygen atoms in total. The zero-order chi connectivity index (χ0) is 11.4. The number of aliphatic hydroxyl groups excluding tert-OH is 1. The van der Waals surface area contributed by atoms with Gasteiger partial charge >= 0.3 is 0 Å². The van der Waals surface area contributed by atoms with E-state index in [9.17, 15) is 0 Å². The Hall–Kier alpha value is -1.06. The third-order valence-electron chi connectivity index (χ3n) is 2.90. The van der Waals surface area contributed by atoms with Crippen molar-refractivity contribution in [1.82, 2.24) is 4.90 Å². The number of benzene rings is 1. The first-order valence-electron chi connectivity index (χ1n) is 5.83. The fourth-order valence-electron chi connectivity index (χ4n) is 2.07. The summed E-state index contributed by atoms with van der Waals surface area (Å²) >= 11 is 0. The van der Waals surface area contributed by atoms with Gasteiger partial charge in [0, 0.05) is 26.1 Å². The highest BCUT2D eigenvalue weighted by Gasteiger charge is 2.12. The van der Waals surface area contributed by atoms with Gasteiger partial charge in [-0.3, -0.25) is 0 Å². The minimum atomic E-state index is 0.266. The van der Waals surface area contributed by atoms with Crippen LogP contribution in [-0.2, 0) is 13.0 Å². The molecule has 1 aliphatic rings. The van der Waals surface area contributed by atoms with E-state index in [1.165, 1.54) is 11.1 Å². The Kier molecular flexibility index (Phi) is 3.80. The third kappa shape index (κ3) is 2.74. The maximum atomic E-state index is 8.76. The molecule has 0 saturated heterocycles. The van der Waals surface area contributed by atoms with Crippen LogP contribution in [0.25, 0.3) is 0 Å². The minimum absolute atomic E-state index is 0.266. The maximum absolute atomic E-state index is 8.76. The van der Waals surface area contributed by atoms with Crippen molar-refractivity contribution in [1.29, 1.82) is 0 Å². The molecule has 0 bridgehead atoms. The summed E-state index contributed by atoms with van der Waals surface area (Å²) in [5.74, 6) is 1.04. The number of ether oxygens (including phenoxy) is 1. The standard InChI is InChI=1S/C13H19NO2/c1-14(6-2-7-15)10-11-3-4-13-12(9-11)5-8-16-13/h3-4,9,15H,2,5-8,10H2,1H3. The highest BCUT2D eigenvalue weighted by Crippen LogP contribution is 2.26. The molecule has 1 aliphatic heterocycles. The average Bonchev–Trinajstić information content (AvgIpc) is 2.73. The van der Waals surface area contributed by atoms with Crippen molar-refractivity contribution in [3.63, 3.8) is 0 Å². The first-order valence-corrected chi connectivity index (χ1v) is 5.83. The van der Waals surface area contributed by atoms with Crippen LogP contribution in [0.15, 0.2) is 18.2 Å². The zero-order valence-corrected chi connectivity index (χ0v) is 9.78. The number of nitrogens with zero attached hydrogens (tertiary/aromatic N) is 1. The molecule has 0 spiro atoms. The van der Waals surface area contributed by atoms with E-state index < -0.39 is 0 Å². The second-order valence-electron chi connectivity index (χ2n) is 4.36. The van der Waals surface area contributed by atoms with Crippen LogP contribution < -0.4 is 4.74 Å². The van der Waals surface area contributed by atoms with Gasteiger partial charge in [-0.05, 0) is 30.7 Å². The Labute approximate surface area is 96.6 Å². The summed E-state index contributed by atoms with van der Waals surface area (Å²) in [5, 5.41) is 8.76. The van der Waals surface area contributed by atoms with Crippen LogP contribution in [0, 0.1) is 0 Å². The fraction of sp³-hybridized carbons (Fsp3) is 0.538. The predicted octanol–water partition coefficient (Wildman–Crippen LogP) is 1.44. The maximum Gasteiger partial charge on any atom is 0.122 e. The number of rotatable bonds is 5. The predicted molar refractivity (Wildman–Crippen MR) is 63.7 cm³/mol. The van der Waals surface area contributed by atoms with Gasteiger partial charge in [-0.15, -0.1) is 0 Å². The molecule has 1 aromatic carbocycles. The number of hydrogen-bond acceptors (Lipinski definition) is 3. The Morgan fingerprint density at radius 1 is 1.44 bits per heavy atom. The fourth-order valence-corrected chi connectivity index (χ4v) is 2.07. The van der Waals surface area contributed by atoms with E-state index in [1.807, 2.05) is 0 Å². The molecule has 0 aliphatic carbocycles.